The average molecular weight is 380 g/mol. The first-order valence-corrected chi connectivity index (χ1v) is 8.91. The van der Waals surface area contributed by atoms with Gasteiger partial charge >= 0.3 is 5.97 Å². The number of aromatic nitrogens is 2. The molecule has 6 heteroatoms. The second-order valence-electron chi connectivity index (χ2n) is 6.01. The topological polar surface area (TPSA) is 81.5 Å². The molecule has 6 nitrogen and oxygen atoms in total. The lowest BCUT2D eigenvalue weighted by atomic mass is 10.2. The van der Waals surface area contributed by atoms with Crippen LogP contribution in [0, 0.1) is 20.8 Å². The van der Waals surface area contributed by atoms with Gasteiger partial charge in [-0.2, -0.15) is 4.98 Å². The molecule has 0 aliphatic heterocycles. The zero-order valence-electron chi connectivity index (χ0n) is 16.5. The molecular weight excluding hydrogens is 356 g/mol. The van der Waals surface area contributed by atoms with Crippen molar-refractivity contribution in [2.24, 2.45) is 0 Å². The summed E-state index contributed by atoms with van der Waals surface area (Å²) in [6, 6.07) is 14.8. The largest absolute Gasteiger partial charge is 0.508 e. The fourth-order valence-electron chi connectivity index (χ4n) is 2.21. The van der Waals surface area contributed by atoms with Gasteiger partial charge in [-0.15, -0.1) is 0 Å². The van der Waals surface area contributed by atoms with Gasteiger partial charge in [0.25, 0.3) is 0 Å². The first-order chi connectivity index (χ1) is 13.4. The number of hydrogen-bond donors (Lipinski definition) is 1. The summed E-state index contributed by atoms with van der Waals surface area (Å²) in [4.78, 5) is 20.1. The first-order valence-electron chi connectivity index (χ1n) is 8.91. The number of carbonyl (C=O) groups is 1. The van der Waals surface area contributed by atoms with Crippen LogP contribution in [0.3, 0.4) is 0 Å². The number of benzene rings is 2. The molecular formula is C22H24N2O4. The Morgan fingerprint density at radius 2 is 1.64 bits per heavy atom. The maximum Gasteiger partial charge on any atom is 0.345 e. The van der Waals surface area contributed by atoms with Gasteiger partial charge in [-0.1, -0.05) is 36.4 Å². The Labute approximate surface area is 164 Å². The highest BCUT2D eigenvalue weighted by molar-refractivity contribution is 5.91. The van der Waals surface area contributed by atoms with E-state index in [4.69, 9.17) is 14.6 Å². The van der Waals surface area contributed by atoms with E-state index in [1.165, 1.54) is 6.20 Å². The maximum atomic E-state index is 11.9. The molecule has 1 aromatic heterocycles. The van der Waals surface area contributed by atoms with E-state index in [9.17, 15) is 4.79 Å². The van der Waals surface area contributed by atoms with Crippen molar-refractivity contribution in [3.05, 3.63) is 77.2 Å². The summed E-state index contributed by atoms with van der Waals surface area (Å²) in [5.41, 5.74) is 2.10. The summed E-state index contributed by atoms with van der Waals surface area (Å²) in [5.74, 6) is 1.27. The van der Waals surface area contributed by atoms with Crippen molar-refractivity contribution in [3.8, 4) is 17.4 Å². The molecule has 0 unspecified atom stereocenters. The number of aryl methyl sites for hydroxylation is 3. The summed E-state index contributed by atoms with van der Waals surface area (Å²) in [6.45, 7) is 7.56. The number of nitrogens with zero attached hydrogens (tertiary/aromatic N) is 2. The molecule has 0 amide bonds. The molecule has 3 rings (SSSR count). The number of carbonyl (C=O) groups excluding carboxylic acids is 1. The molecule has 2 aromatic carbocycles. The SMILES string of the molecule is CCOC(=O)c1cnc(C)nc1Oc1ccccc1C.Cc1ccccc1O. The third-order valence-corrected chi connectivity index (χ3v) is 3.79. The number of phenols is 1. The Morgan fingerprint density at radius 1 is 1.00 bits per heavy atom. The minimum atomic E-state index is -0.490. The summed E-state index contributed by atoms with van der Waals surface area (Å²) in [5, 5.41) is 8.92. The van der Waals surface area contributed by atoms with Crippen LogP contribution in [0.1, 0.15) is 34.2 Å². The molecule has 1 heterocycles. The fraction of sp³-hybridized carbons (Fsp3) is 0.227. The van der Waals surface area contributed by atoms with Gasteiger partial charge in [-0.3, -0.25) is 0 Å². The highest BCUT2D eigenvalue weighted by Crippen LogP contribution is 2.26. The second kappa shape index (κ2) is 10.1. The van der Waals surface area contributed by atoms with E-state index in [0.29, 0.717) is 17.3 Å². The summed E-state index contributed by atoms with van der Waals surface area (Å²) in [7, 11) is 0. The van der Waals surface area contributed by atoms with Crippen molar-refractivity contribution in [1.82, 2.24) is 9.97 Å². The Hall–Kier alpha value is -3.41. The van der Waals surface area contributed by atoms with Gasteiger partial charge in [0, 0.05) is 6.20 Å². The Balaban J connectivity index is 0.000000292. The Kier molecular flexibility index (Phi) is 7.51. The quantitative estimate of drug-likeness (QED) is 0.657. The molecule has 0 saturated heterocycles. The van der Waals surface area contributed by atoms with E-state index in [2.05, 4.69) is 9.97 Å². The number of rotatable bonds is 4. The summed E-state index contributed by atoms with van der Waals surface area (Å²) in [6.07, 6.45) is 1.42. The van der Waals surface area contributed by atoms with Crippen LogP contribution >= 0.6 is 0 Å². The fourth-order valence-corrected chi connectivity index (χ4v) is 2.21. The molecule has 0 aliphatic rings. The Morgan fingerprint density at radius 3 is 2.21 bits per heavy atom. The lowest BCUT2D eigenvalue weighted by Gasteiger charge is -2.11. The molecule has 28 heavy (non-hydrogen) atoms. The normalized spacial score (nSPS) is 9.86. The van der Waals surface area contributed by atoms with Gasteiger partial charge < -0.3 is 14.6 Å². The van der Waals surface area contributed by atoms with Gasteiger partial charge in [0.05, 0.1) is 6.61 Å². The van der Waals surface area contributed by atoms with Crippen molar-refractivity contribution >= 4 is 5.97 Å². The van der Waals surface area contributed by atoms with Crippen LogP contribution in [0.4, 0.5) is 0 Å². The molecule has 3 aromatic rings. The van der Waals surface area contributed by atoms with Crippen LogP contribution in [0.25, 0.3) is 0 Å². The molecule has 0 radical (unpaired) electrons. The number of hydrogen-bond acceptors (Lipinski definition) is 6. The number of phenolic OH excluding ortho intramolecular Hbond substituents is 1. The van der Waals surface area contributed by atoms with Gasteiger partial charge in [-0.05, 0) is 51.0 Å². The highest BCUT2D eigenvalue weighted by atomic mass is 16.5. The molecule has 0 aliphatic carbocycles. The monoisotopic (exact) mass is 380 g/mol. The van der Waals surface area contributed by atoms with E-state index in [-0.39, 0.29) is 18.1 Å². The van der Waals surface area contributed by atoms with Gasteiger partial charge in [0.15, 0.2) is 0 Å². The van der Waals surface area contributed by atoms with E-state index in [1.807, 2.05) is 56.3 Å². The first kappa shape index (κ1) is 20.9. The highest BCUT2D eigenvalue weighted by Gasteiger charge is 2.17. The standard InChI is InChI=1S/C15H16N2O3.C7H8O/c1-4-19-15(18)12-9-16-11(3)17-14(12)20-13-8-6-5-7-10(13)2;1-6-4-2-3-5-7(6)8/h5-9H,4H2,1-3H3;2-5,8H,1H3. The number of ether oxygens (including phenoxy) is 2. The Bertz CT molecular complexity index is 920. The van der Waals surface area contributed by atoms with Crippen LogP contribution in [0.5, 0.6) is 17.4 Å². The maximum absolute atomic E-state index is 11.9. The van der Waals surface area contributed by atoms with Crippen LogP contribution < -0.4 is 4.74 Å². The second-order valence-corrected chi connectivity index (χ2v) is 6.01. The lowest BCUT2D eigenvalue weighted by molar-refractivity contribution is 0.0522. The molecule has 1 N–H and O–H groups in total. The summed E-state index contributed by atoms with van der Waals surface area (Å²) < 4.78 is 10.7. The third kappa shape index (κ3) is 5.81. The van der Waals surface area contributed by atoms with Gasteiger partial charge in [-0.25, -0.2) is 9.78 Å². The van der Waals surface area contributed by atoms with Crippen molar-refractivity contribution < 1.29 is 19.4 Å². The number of esters is 1. The van der Waals surface area contributed by atoms with Crippen LogP contribution in [-0.4, -0.2) is 27.7 Å². The predicted molar refractivity (Wildman–Crippen MR) is 107 cm³/mol. The van der Waals surface area contributed by atoms with Crippen molar-refractivity contribution in [2.75, 3.05) is 6.61 Å². The molecule has 0 spiro atoms. The van der Waals surface area contributed by atoms with Crippen molar-refractivity contribution in [1.29, 1.82) is 0 Å². The number of aromatic hydroxyl groups is 1. The molecule has 0 saturated carbocycles. The van der Waals surface area contributed by atoms with Crippen LogP contribution in [0.15, 0.2) is 54.7 Å². The van der Waals surface area contributed by atoms with Crippen molar-refractivity contribution in [3.63, 3.8) is 0 Å². The van der Waals surface area contributed by atoms with Gasteiger partial charge in [0.1, 0.15) is 22.9 Å². The zero-order chi connectivity index (χ0) is 20.5. The minimum Gasteiger partial charge on any atom is -0.508 e. The lowest BCUT2D eigenvalue weighted by Crippen LogP contribution is -2.09. The summed E-state index contributed by atoms with van der Waals surface area (Å²) >= 11 is 0. The van der Waals surface area contributed by atoms with Gasteiger partial charge in [0.2, 0.25) is 5.88 Å². The van der Waals surface area contributed by atoms with E-state index in [1.54, 1.807) is 19.9 Å². The minimum absolute atomic E-state index is 0.213. The average Bonchev–Trinajstić information content (AvgIpc) is 2.67. The smallest absolute Gasteiger partial charge is 0.345 e. The van der Waals surface area contributed by atoms with Crippen LogP contribution in [-0.2, 0) is 4.74 Å². The van der Waals surface area contributed by atoms with E-state index in [0.717, 1.165) is 11.1 Å². The van der Waals surface area contributed by atoms with Crippen molar-refractivity contribution in [2.45, 2.75) is 27.7 Å². The molecule has 0 bridgehead atoms. The third-order valence-electron chi connectivity index (χ3n) is 3.79. The van der Waals surface area contributed by atoms with E-state index >= 15 is 0 Å². The van der Waals surface area contributed by atoms with Crippen LogP contribution in [0.2, 0.25) is 0 Å². The molecule has 146 valence electrons. The predicted octanol–water partition coefficient (Wildman–Crippen LogP) is 4.76. The molecule has 0 atom stereocenters. The van der Waals surface area contributed by atoms with E-state index < -0.39 is 5.97 Å². The molecule has 0 fully saturated rings. The zero-order valence-corrected chi connectivity index (χ0v) is 16.5. The number of para-hydroxylation sites is 2.